The van der Waals surface area contributed by atoms with Crippen LogP contribution in [0.5, 0.6) is 0 Å². The second-order valence-corrected chi connectivity index (χ2v) is 3.64. The third kappa shape index (κ3) is 2.24. The van der Waals surface area contributed by atoms with E-state index in [1.54, 1.807) is 18.6 Å². The molecule has 1 unspecified atom stereocenters. The first-order valence-electron chi connectivity index (χ1n) is 5.10. The number of benzene rings is 1. The van der Waals surface area contributed by atoms with Crippen LogP contribution in [-0.2, 0) is 0 Å². The van der Waals surface area contributed by atoms with Crippen molar-refractivity contribution in [3.05, 3.63) is 59.7 Å². The molecule has 0 aliphatic carbocycles. The summed E-state index contributed by atoms with van der Waals surface area (Å²) in [6, 6.07) is 8.04. The molecule has 0 saturated carbocycles. The molecule has 2 rings (SSSR count). The lowest BCUT2D eigenvalue weighted by Crippen LogP contribution is -2.29. The van der Waals surface area contributed by atoms with Gasteiger partial charge in [0.15, 0.2) is 0 Å². The van der Waals surface area contributed by atoms with Crippen LogP contribution in [-0.4, -0.2) is 9.97 Å². The molecule has 2 aromatic rings. The molecule has 16 heavy (non-hydrogen) atoms. The van der Waals surface area contributed by atoms with Crippen molar-refractivity contribution in [2.45, 2.75) is 13.0 Å². The number of nitrogens with two attached hydrogens (primary N) is 1. The van der Waals surface area contributed by atoms with Crippen LogP contribution in [0.3, 0.4) is 0 Å². The number of rotatable bonds is 3. The van der Waals surface area contributed by atoms with Crippen LogP contribution in [0.15, 0.2) is 42.9 Å². The predicted octanol–water partition coefficient (Wildman–Crippen LogP) is 1.34. The maximum Gasteiger partial charge on any atom is 0.0897 e. The molecular formula is C12H14N4. The molecule has 4 nitrogen and oxygen atoms in total. The maximum atomic E-state index is 5.57. The Morgan fingerprint density at radius 1 is 1.31 bits per heavy atom. The first-order chi connectivity index (χ1) is 7.81. The molecule has 4 heteroatoms. The number of hydrogen-bond donors (Lipinski definition) is 2. The molecule has 0 aliphatic rings. The zero-order chi connectivity index (χ0) is 11.4. The van der Waals surface area contributed by atoms with E-state index in [0.29, 0.717) is 0 Å². The zero-order valence-corrected chi connectivity index (χ0v) is 9.09. The first-order valence-corrected chi connectivity index (χ1v) is 5.10. The Kier molecular flexibility index (Phi) is 3.24. The fraction of sp³-hybridized carbons (Fsp3) is 0.167. The quantitative estimate of drug-likeness (QED) is 0.597. The second kappa shape index (κ2) is 4.83. The van der Waals surface area contributed by atoms with Gasteiger partial charge in [-0.3, -0.25) is 15.8 Å². The van der Waals surface area contributed by atoms with Gasteiger partial charge in [0.05, 0.1) is 17.9 Å². The molecule has 1 aromatic carbocycles. The standard InChI is InChI=1S/C12H14N4/c1-9-3-2-4-10(7-9)12(16-13)11-8-14-5-6-15-11/h2-8,12,16H,13H2,1H3. The van der Waals surface area contributed by atoms with E-state index in [1.807, 2.05) is 25.1 Å². The number of hydrogen-bond acceptors (Lipinski definition) is 4. The summed E-state index contributed by atoms with van der Waals surface area (Å²) in [5.74, 6) is 5.57. The Morgan fingerprint density at radius 2 is 2.19 bits per heavy atom. The third-order valence-electron chi connectivity index (χ3n) is 2.42. The lowest BCUT2D eigenvalue weighted by atomic mass is 10.0. The van der Waals surface area contributed by atoms with Gasteiger partial charge in [-0.05, 0) is 12.5 Å². The van der Waals surface area contributed by atoms with Gasteiger partial charge in [-0.25, -0.2) is 5.43 Å². The third-order valence-corrected chi connectivity index (χ3v) is 2.42. The highest BCUT2D eigenvalue weighted by Crippen LogP contribution is 2.19. The lowest BCUT2D eigenvalue weighted by molar-refractivity contribution is 0.617. The van der Waals surface area contributed by atoms with E-state index in [9.17, 15) is 0 Å². The van der Waals surface area contributed by atoms with Crippen LogP contribution in [0.4, 0.5) is 0 Å². The van der Waals surface area contributed by atoms with E-state index < -0.39 is 0 Å². The van der Waals surface area contributed by atoms with Gasteiger partial charge in [-0.15, -0.1) is 0 Å². The molecule has 1 atom stereocenters. The minimum Gasteiger partial charge on any atom is -0.271 e. The topological polar surface area (TPSA) is 63.8 Å². The lowest BCUT2D eigenvalue weighted by Gasteiger charge is -2.15. The number of aromatic nitrogens is 2. The second-order valence-electron chi connectivity index (χ2n) is 3.64. The summed E-state index contributed by atoms with van der Waals surface area (Å²) < 4.78 is 0. The molecule has 0 amide bonds. The number of nitrogens with zero attached hydrogens (tertiary/aromatic N) is 2. The van der Waals surface area contributed by atoms with Gasteiger partial charge in [0.25, 0.3) is 0 Å². The fourth-order valence-corrected chi connectivity index (χ4v) is 1.66. The van der Waals surface area contributed by atoms with Crippen LogP contribution >= 0.6 is 0 Å². The molecule has 0 spiro atoms. The predicted molar refractivity (Wildman–Crippen MR) is 62.4 cm³/mol. The minimum atomic E-state index is -0.117. The van der Waals surface area contributed by atoms with E-state index in [2.05, 4.69) is 21.5 Å². The number of hydrazine groups is 1. The van der Waals surface area contributed by atoms with Gasteiger partial charge in [0.2, 0.25) is 0 Å². The number of nitrogens with one attached hydrogen (secondary N) is 1. The average molecular weight is 214 g/mol. The van der Waals surface area contributed by atoms with Gasteiger partial charge in [-0.2, -0.15) is 0 Å². The van der Waals surface area contributed by atoms with E-state index in [-0.39, 0.29) is 6.04 Å². The van der Waals surface area contributed by atoms with Gasteiger partial charge < -0.3 is 0 Å². The van der Waals surface area contributed by atoms with Gasteiger partial charge in [0, 0.05) is 12.4 Å². The summed E-state index contributed by atoms with van der Waals surface area (Å²) in [6.45, 7) is 2.05. The van der Waals surface area contributed by atoms with Crippen molar-refractivity contribution in [3.8, 4) is 0 Å². The fourth-order valence-electron chi connectivity index (χ4n) is 1.66. The minimum absolute atomic E-state index is 0.117. The Balaban J connectivity index is 2.37. The average Bonchev–Trinajstić information content (AvgIpc) is 2.31. The van der Waals surface area contributed by atoms with Crippen molar-refractivity contribution in [3.63, 3.8) is 0 Å². The van der Waals surface area contributed by atoms with Gasteiger partial charge >= 0.3 is 0 Å². The molecular weight excluding hydrogens is 200 g/mol. The van der Waals surface area contributed by atoms with Crippen molar-refractivity contribution in [1.82, 2.24) is 15.4 Å². The Labute approximate surface area is 94.5 Å². The molecule has 82 valence electrons. The summed E-state index contributed by atoms with van der Waals surface area (Å²) in [5.41, 5.74) is 5.86. The summed E-state index contributed by atoms with van der Waals surface area (Å²) in [4.78, 5) is 8.29. The molecule has 0 saturated heterocycles. The monoisotopic (exact) mass is 214 g/mol. The molecule has 0 radical (unpaired) electrons. The van der Waals surface area contributed by atoms with E-state index in [1.165, 1.54) is 5.56 Å². The SMILES string of the molecule is Cc1cccc(C(NN)c2cnccn2)c1. The summed E-state index contributed by atoms with van der Waals surface area (Å²) in [7, 11) is 0. The van der Waals surface area contributed by atoms with E-state index in [4.69, 9.17) is 5.84 Å². The highest BCUT2D eigenvalue weighted by atomic mass is 15.2. The Hall–Kier alpha value is -1.78. The summed E-state index contributed by atoms with van der Waals surface area (Å²) in [5, 5.41) is 0. The molecule has 1 heterocycles. The molecule has 1 aromatic heterocycles. The van der Waals surface area contributed by atoms with Gasteiger partial charge in [0.1, 0.15) is 0 Å². The van der Waals surface area contributed by atoms with E-state index >= 15 is 0 Å². The molecule has 0 bridgehead atoms. The highest BCUT2D eigenvalue weighted by molar-refractivity contribution is 5.29. The largest absolute Gasteiger partial charge is 0.271 e. The van der Waals surface area contributed by atoms with Crippen LogP contribution in [0.2, 0.25) is 0 Å². The van der Waals surface area contributed by atoms with Crippen molar-refractivity contribution >= 4 is 0 Å². The maximum absolute atomic E-state index is 5.57. The summed E-state index contributed by atoms with van der Waals surface area (Å²) >= 11 is 0. The van der Waals surface area contributed by atoms with E-state index in [0.717, 1.165) is 11.3 Å². The van der Waals surface area contributed by atoms with Crippen LogP contribution in [0.25, 0.3) is 0 Å². The van der Waals surface area contributed by atoms with Crippen molar-refractivity contribution in [2.75, 3.05) is 0 Å². The van der Waals surface area contributed by atoms with Crippen molar-refractivity contribution < 1.29 is 0 Å². The molecule has 0 fully saturated rings. The molecule has 0 aliphatic heterocycles. The highest BCUT2D eigenvalue weighted by Gasteiger charge is 2.13. The first kappa shape index (κ1) is 10.7. The normalized spacial score (nSPS) is 12.4. The summed E-state index contributed by atoms with van der Waals surface area (Å²) in [6.07, 6.45) is 5.02. The molecule has 3 N–H and O–H groups in total. The van der Waals surface area contributed by atoms with Crippen molar-refractivity contribution in [1.29, 1.82) is 0 Å². The Morgan fingerprint density at radius 3 is 2.81 bits per heavy atom. The van der Waals surface area contributed by atoms with Crippen LogP contribution < -0.4 is 11.3 Å². The van der Waals surface area contributed by atoms with Crippen molar-refractivity contribution in [2.24, 2.45) is 5.84 Å². The van der Waals surface area contributed by atoms with Crippen LogP contribution in [0, 0.1) is 6.92 Å². The number of aryl methyl sites for hydroxylation is 1. The Bertz CT molecular complexity index is 456. The smallest absolute Gasteiger partial charge is 0.0897 e. The van der Waals surface area contributed by atoms with Gasteiger partial charge in [-0.1, -0.05) is 29.8 Å². The van der Waals surface area contributed by atoms with Crippen LogP contribution in [0.1, 0.15) is 22.9 Å². The zero-order valence-electron chi connectivity index (χ0n) is 9.09.